The Kier molecular flexibility index (Phi) is 5.03. The highest BCUT2D eigenvalue weighted by Gasteiger charge is 2.21. The Balaban J connectivity index is 2.00. The van der Waals surface area contributed by atoms with Gasteiger partial charge >= 0.3 is 0 Å². The molecule has 0 saturated heterocycles. The van der Waals surface area contributed by atoms with Crippen LogP contribution in [0.25, 0.3) is 0 Å². The average Bonchev–Trinajstić information content (AvgIpc) is 2.53. The third-order valence-electron chi connectivity index (χ3n) is 3.62. The van der Waals surface area contributed by atoms with E-state index in [1.807, 2.05) is 42.5 Å². The van der Waals surface area contributed by atoms with Crippen molar-refractivity contribution < 1.29 is 4.79 Å². The van der Waals surface area contributed by atoms with E-state index < -0.39 is 0 Å². The van der Waals surface area contributed by atoms with E-state index in [9.17, 15) is 4.79 Å². The maximum atomic E-state index is 12.2. The molecule has 1 amide bonds. The fraction of sp³-hybridized carbons (Fsp3) is 0.278. The number of halogens is 1. The zero-order valence-corrected chi connectivity index (χ0v) is 13.2. The van der Waals surface area contributed by atoms with Crippen LogP contribution in [0.4, 0.5) is 0 Å². The van der Waals surface area contributed by atoms with Crippen LogP contribution in [0.3, 0.4) is 0 Å². The predicted molar refractivity (Wildman–Crippen MR) is 87.8 cm³/mol. The van der Waals surface area contributed by atoms with Crippen LogP contribution < -0.4 is 5.32 Å². The van der Waals surface area contributed by atoms with Crippen LogP contribution in [0, 0.1) is 0 Å². The molecule has 21 heavy (non-hydrogen) atoms. The molecule has 0 aliphatic heterocycles. The molecule has 0 atom stereocenters. The van der Waals surface area contributed by atoms with Gasteiger partial charge < -0.3 is 5.32 Å². The van der Waals surface area contributed by atoms with Crippen molar-refractivity contribution in [2.75, 3.05) is 6.54 Å². The summed E-state index contributed by atoms with van der Waals surface area (Å²) in [7, 11) is 0. The van der Waals surface area contributed by atoms with Gasteiger partial charge in [0.25, 0.3) is 5.91 Å². The predicted octanol–water partition coefficient (Wildman–Crippen LogP) is 4.13. The van der Waals surface area contributed by atoms with Crippen molar-refractivity contribution in [2.45, 2.75) is 25.1 Å². The zero-order valence-electron chi connectivity index (χ0n) is 12.4. The summed E-state index contributed by atoms with van der Waals surface area (Å²) in [4.78, 5) is 12.2. The van der Waals surface area contributed by atoms with Gasteiger partial charge in [-0.25, -0.2) is 0 Å². The molecule has 2 rings (SSSR count). The van der Waals surface area contributed by atoms with Crippen molar-refractivity contribution >= 4 is 17.5 Å². The van der Waals surface area contributed by atoms with Crippen molar-refractivity contribution in [3.8, 4) is 0 Å². The van der Waals surface area contributed by atoms with E-state index in [1.165, 1.54) is 5.56 Å². The molecule has 0 spiro atoms. The maximum Gasteiger partial charge on any atom is 0.251 e. The summed E-state index contributed by atoms with van der Waals surface area (Å²) >= 11 is 5.75. The number of benzene rings is 2. The fourth-order valence-electron chi connectivity index (χ4n) is 2.14. The molecule has 0 unspecified atom stereocenters. The standard InChI is InChI=1S/C18H20ClNO/c1-18(2,16-6-4-3-5-7-16)13-20-17(21)15-10-8-14(12-19)9-11-15/h3-11H,12-13H2,1-2H3,(H,20,21). The lowest BCUT2D eigenvalue weighted by Gasteiger charge is -2.25. The van der Waals surface area contributed by atoms with Gasteiger partial charge in [-0.2, -0.15) is 0 Å². The van der Waals surface area contributed by atoms with Crippen LogP contribution in [-0.2, 0) is 11.3 Å². The number of hydrogen-bond donors (Lipinski definition) is 1. The fourth-order valence-corrected chi connectivity index (χ4v) is 2.32. The Morgan fingerprint density at radius 2 is 1.67 bits per heavy atom. The smallest absolute Gasteiger partial charge is 0.251 e. The van der Waals surface area contributed by atoms with Gasteiger partial charge in [-0.3, -0.25) is 4.79 Å². The summed E-state index contributed by atoms with van der Waals surface area (Å²) in [5, 5.41) is 3.00. The Hall–Kier alpha value is -1.80. The van der Waals surface area contributed by atoms with E-state index in [4.69, 9.17) is 11.6 Å². The monoisotopic (exact) mass is 301 g/mol. The lowest BCUT2D eigenvalue weighted by molar-refractivity contribution is 0.0945. The second kappa shape index (κ2) is 6.77. The highest BCUT2D eigenvalue weighted by molar-refractivity contribution is 6.17. The highest BCUT2D eigenvalue weighted by atomic mass is 35.5. The summed E-state index contributed by atoms with van der Waals surface area (Å²) in [5.74, 6) is 0.406. The highest BCUT2D eigenvalue weighted by Crippen LogP contribution is 2.21. The van der Waals surface area contributed by atoms with Gasteiger partial charge in [0.1, 0.15) is 0 Å². The lowest BCUT2D eigenvalue weighted by atomic mass is 9.84. The van der Waals surface area contributed by atoms with Gasteiger partial charge in [-0.05, 0) is 23.3 Å². The minimum Gasteiger partial charge on any atom is -0.351 e. The van der Waals surface area contributed by atoms with Crippen LogP contribution in [0.15, 0.2) is 54.6 Å². The molecule has 0 aliphatic rings. The van der Waals surface area contributed by atoms with Gasteiger partial charge in [-0.1, -0.05) is 56.3 Å². The molecule has 0 fully saturated rings. The molecule has 0 radical (unpaired) electrons. The average molecular weight is 302 g/mol. The van der Waals surface area contributed by atoms with Gasteiger partial charge in [0.15, 0.2) is 0 Å². The van der Waals surface area contributed by atoms with Crippen LogP contribution in [0.2, 0.25) is 0 Å². The van der Waals surface area contributed by atoms with Gasteiger partial charge in [-0.15, -0.1) is 11.6 Å². The molecule has 110 valence electrons. The molecule has 3 heteroatoms. The largest absolute Gasteiger partial charge is 0.351 e. The van der Waals surface area contributed by atoms with Gasteiger partial charge in [0.05, 0.1) is 0 Å². The molecule has 1 N–H and O–H groups in total. The number of alkyl halides is 1. The van der Waals surface area contributed by atoms with Gasteiger partial charge in [0, 0.05) is 23.4 Å². The minimum atomic E-state index is -0.104. The van der Waals surface area contributed by atoms with Crippen LogP contribution in [0.1, 0.15) is 35.3 Å². The Bertz CT molecular complexity index is 590. The second-order valence-corrected chi connectivity index (χ2v) is 6.03. The first kappa shape index (κ1) is 15.6. The molecule has 0 aromatic heterocycles. The van der Waals surface area contributed by atoms with E-state index in [1.54, 1.807) is 0 Å². The number of rotatable bonds is 5. The normalized spacial score (nSPS) is 11.2. The number of hydrogen-bond acceptors (Lipinski definition) is 1. The second-order valence-electron chi connectivity index (χ2n) is 5.76. The molecule has 0 saturated carbocycles. The summed E-state index contributed by atoms with van der Waals surface area (Å²) < 4.78 is 0. The van der Waals surface area contributed by atoms with Crippen molar-refractivity contribution in [2.24, 2.45) is 0 Å². The Morgan fingerprint density at radius 3 is 2.24 bits per heavy atom. The molecule has 2 aromatic rings. The SMILES string of the molecule is CC(C)(CNC(=O)c1ccc(CCl)cc1)c1ccccc1. The van der Waals surface area contributed by atoms with Crippen molar-refractivity contribution in [1.82, 2.24) is 5.32 Å². The van der Waals surface area contributed by atoms with Crippen molar-refractivity contribution in [1.29, 1.82) is 0 Å². The number of nitrogens with one attached hydrogen (secondary N) is 1. The third kappa shape index (κ3) is 4.08. The van der Waals surface area contributed by atoms with E-state index in [0.717, 1.165) is 5.56 Å². The first-order chi connectivity index (χ1) is 10.0. The van der Waals surface area contributed by atoms with E-state index >= 15 is 0 Å². The Morgan fingerprint density at radius 1 is 1.05 bits per heavy atom. The Labute approximate surface area is 131 Å². The number of amides is 1. The lowest BCUT2D eigenvalue weighted by Crippen LogP contribution is -2.36. The van der Waals surface area contributed by atoms with Crippen LogP contribution in [0.5, 0.6) is 0 Å². The van der Waals surface area contributed by atoms with E-state index in [-0.39, 0.29) is 11.3 Å². The summed E-state index contributed by atoms with van der Waals surface area (Å²) in [6.07, 6.45) is 0. The van der Waals surface area contributed by atoms with E-state index in [0.29, 0.717) is 18.0 Å². The van der Waals surface area contributed by atoms with Crippen molar-refractivity contribution in [3.63, 3.8) is 0 Å². The molecular weight excluding hydrogens is 282 g/mol. The molecule has 2 aromatic carbocycles. The molecule has 0 aliphatic carbocycles. The minimum absolute atomic E-state index is 0.0554. The zero-order chi connectivity index (χ0) is 15.3. The quantitative estimate of drug-likeness (QED) is 0.827. The van der Waals surface area contributed by atoms with E-state index in [2.05, 4.69) is 31.3 Å². The summed E-state index contributed by atoms with van der Waals surface area (Å²) in [6, 6.07) is 17.6. The topological polar surface area (TPSA) is 29.1 Å². The summed E-state index contributed by atoms with van der Waals surface area (Å²) in [6.45, 7) is 4.84. The molecule has 2 nitrogen and oxygen atoms in total. The van der Waals surface area contributed by atoms with Crippen LogP contribution in [-0.4, -0.2) is 12.5 Å². The first-order valence-corrected chi connectivity index (χ1v) is 7.55. The third-order valence-corrected chi connectivity index (χ3v) is 3.93. The molecule has 0 bridgehead atoms. The molecular formula is C18H20ClNO. The number of carbonyl (C=O) groups excluding carboxylic acids is 1. The first-order valence-electron chi connectivity index (χ1n) is 7.01. The summed E-state index contributed by atoms with van der Waals surface area (Å²) in [5.41, 5.74) is 2.78. The maximum absolute atomic E-state index is 12.2. The van der Waals surface area contributed by atoms with Gasteiger partial charge in [0.2, 0.25) is 0 Å². The molecule has 0 heterocycles. The number of carbonyl (C=O) groups is 1. The van der Waals surface area contributed by atoms with Crippen molar-refractivity contribution in [3.05, 3.63) is 71.3 Å². The van der Waals surface area contributed by atoms with Crippen LogP contribution >= 0.6 is 11.6 Å².